The van der Waals surface area contributed by atoms with Gasteiger partial charge in [0, 0.05) is 24.3 Å². The monoisotopic (exact) mass is 371 g/mol. The number of aliphatic hydroxyl groups excluding tert-OH is 1. The van der Waals surface area contributed by atoms with Crippen LogP contribution in [-0.4, -0.2) is 35.9 Å². The second-order valence-electron chi connectivity index (χ2n) is 6.33. The van der Waals surface area contributed by atoms with Crippen LogP contribution >= 0.6 is 0 Å². The van der Waals surface area contributed by atoms with Gasteiger partial charge in [0.2, 0.25) is 5.91 Å². The standard InChI is InChI=1S/C19H21N3O5/c1-12-7-8-16(27-12)15(23)11-20-18(25)19(26)21-13-4-2-5-14(10-13)22-9-3-6-17(22)24/h2,4-5,7-8,10,15,23H,3,6,9,11H2,1H3,(H,20,25)(H,21,26)/t15-/m0/s1. The number of amides is 3. The highest BCUT2D eigenvalue weighted by atomic mass is 16.4. The van der Waals surface area contributed by atoms with Crippen molar-refractivity contribution in [2.24, 2.45) is 0 Å². The lowest BCUT2D eigenvalue weighted by Crippen LogP contribution is -2.37. The van der Waals surface area contributed by atoms with Crippen LogP contribution in [0.1, 0.15) is 30.5 Å². The van der Waals surface area contributed by atoms with Crippen LogP contribution in [0.4, 0.5) is 11.4 Å². The molecule has 0 spiro atoms. The van der Waals surface area contributed by atoms with Crippen molar-refractivity contribution >= 4 is 29.1 Å². The van der Waals surface area contributed by atoms with Gasteiger partial charge >= 0.3 is 11.8 Å². The normalized spacial score (nSPS) is 14.9. The summed E-state index contributed by atoms with van der Waals surface area (Å²) in [5.41, 5.74) is 1.09. The summed E-state index contributed by atoms with van der Waals surface area (Å²) in [5.74, 6) is -0.734. The molecule has 1 aromatic heterocycles. The van der Waals surface area contributed by atoms with Crippen LogP contribution in [0.3, 0.4) is 0 Å². The molecule has 2 heterocycles. The number of nitrogens with one attached hydrogen (secondary N) is 2. The molecule has 3 N–H and O–H groups in total. The smallest absolute Gasteiger partial charge is 0.313 e. The Kier molecular flexibility index (Phi) is 5.56. The quantitative estimate of drug-likeness (QED) is 0.690. The highest BCUT2D eigenvalue weighted by Gasteiger charge is 2.22. The van der Waals surface area contributed by atoms with Crippen molar-refractivity contribution in [3.05, 3.63) is 47.9 Å². The van der Waals surface area contributed by atoms with Crippen LogP contribution in [0.25, 0.3) is 0 Å². The molecular weight excluding hydrogens is 350 g/mol. The van der Waals surface area contributed by atoms with Crippen LogP contribution in [0.15, 0.2) is 40.8 Å². The molecule has 0 bridgehead atoms. The minimum absolute atomic E-state index is 0.0402. The zero-order valence-corrected chi connectivity index (χ0v) is 14.9. The molecular formula is C19H21N3O5. The van der Waals surface area contributed by atoms with E-state index in [9.17, 15) is 19.5 Å². The molecule has 1 saturated heterocycles. The number of aliphatic hydroxyl groups is 1. The first kappa shape index (κ1) is 18.7. The maximum atomic E-state index is 12.1. The summed E-state index contributed by atoms with van der Waals surface area (Å²) in [4.78, 5) is 37.5. The third-order valence-corrected chi connectivity index (χ3v) is 4.24. The van der Waals surface area contributed by atoms with E-state index in [-0.39, 0.29) is 12.5 Å². The Morgan fingerprint density at radius 2 is 2.07 bits per heavy atom. The Balaban J connectivity index is 1.55. The lowest BCUT2D eigenvalue weighted by Gasteiger charge is -2.16. The number of nitrogens with zero attached hydrogens (tertiary/aromatic N) is 1. The summed E-state index contributed by atoms with van der Waals surface area (Å²) in [6.07, 6.45) is 0.270. The zero-order valence-electron chi connectivity index (χ0n) is 14.9. The SMILES string of the molecule is Cc1ccc([C@@H](O)CNC(=O)C(=O)Nc2cccc(N3CCCC3=O)c2)o1. The number of benzene rings is 1. The fraction of sp³-hybridized carbons (Fsp3) is 0.316. The zero-order chi connectivity index (χ0) is 19.4. The van der Waals surface area contributed by atoms with Crippen molar-refractivity contribution in [2.45, 2.75) is 25.9 Å². The number of rotatable bonds is 5. The highest BCUT2D eigenvalue weighted by molar-refractivity contribution is 6.39. The van der Waals surface area contributed by atoms with Crippen molar-refractivity contribution in [1.29, 1.82) is 0 Å². The Labute approximate surface area is 156 Å². The molecule has 2 aromatic rings. The van der Waals surface area contributed by atoms with E-state index < -0.39 is 17.9 Å². The Hall–Kier alpha value is -3.13. The molecule has 3 amide bonds. The predicted molar refractivity (Wildman–Crippen MR) is 98.1 cm³/mol. The number of carbonyl (C=O) groups is 3. The Morgan fingerprint density at radius 3 is 2.74 bits per heavy atom. The summed E-state index contributed by atoms with van der Waals surface area (Å²) in [5, 5.41) is 14.8. The van der Waals surface area contributed by atoms with E-state index in [0.29, 0.717) is 35.9 Å². The average molecular weight is 371 g/mol. The first-order valence-electron chi connectivity index (χ1n) is 8.68. The number of hydrogen-bond acceptors (Lipinski definition) is 5. The molecule has 0 aliphatic carbocycles. The van der Waals surface area contributed by atoms with Crippen LogP contribution < -0.4 is 15.5 Å². The van der Waals surface area contributed by atoms with E-state index in [1.165, 1.54) is 0 Å². The summed E-state index contributed by atoms with van der Waals surface area (Å²) in [6, 6.07) is 10.1. The summed E-state index contributed by atoms with van der Waals surface area (Å²) >= 11 is 0. The lowest BCUT2D eigenvalue weighted by atomic mass is 10.2. The van der Waals surface area contributed by atoms with E-state index >= 15 is 0 Å². The Bertz CT molecular complexity index is 861. The van der Waals surface area contributed by atoms with E-state index in [1.807, 2.05) is 0 Å². The third-order valence-electron chi connectivity index (χ3n) is 4.24. The molecule has 3 rings (SSSR count). The minimum Gasteiger partial charge on any atom is -0.464 e. The van der Waals surface area contributed by atoms with Gasteiger partial charge in [-0.3, -0.25) is 14.4 Å². The second-order valence-corrected chi connectivity index (χ2v) is 6.33. The lowest BCUT2D eigenvalue weighted by molar-refractivity contribution is -0.136. The van der Waals surface area contributed by atoms with Crippen molar-refractivity contribution in [3.8, 4) is 0 Å². The van der Waals surface area contributed by atoms with Gasteiger partial charge in [-0.2, -0.15) is 0 Å². The topological polar surface area (TPSA) is 112 Å². The van der Waals surface area contributed by atoms with E-state index in [0.717, 1.165) is 6.42 Å². The average Bonchev–Trinajstić information content (AvgIpc) is 3.27. The third kappa shape index (κ3) is 4.53. The molecule has 1 atom stereocenters. The van der Waals surface area contributed by atoms with Gasteiger partial charge in [-0.05, 0) is 43.7 Å². The minimum atomic E-state index is -1.04. The van der Waals surface area contributed by atoms with Crippen molar-refractivity contribution < 1.29 is 23.9 Å². The van der Waals surface area contributed by atoms with Gasteiger partial charge < -0.3 is 25.1 Å². The van der Waals surface area contributed by atoms with Gasteiger partial charge in [0.1, 0.15) is 17.6 Å². The van der Waals surface area contributed by atoms with Crippen LogP contribution in [0.5, 0.6) is 0 Å². The van der Waals surface area contributed by atoms with Gasteiger partial charge in [-0.1, -0.05) is 6.07 Å². The molecule has 142 valence electrons. The molecule has 8 heteroatoms. The summed E-state index contributed by atoms with van der Waals surface area (Å²) < 4.78 is 5.27. The largest absolute Gasteiger partial charge is 0.464 e. The Morgan fingerprint density at radius 1 is 1.26 bits per heavy atom. The maximum Gasteiger partial charge on any atom is 0.313 e. The number of hydrogen-bond donors (Lipinski definition) is 3. The molecule has 1 aliphatic rings. The number of furan rings is 1. The number of carbonyl (C=O) groups excluding carboxylic acids is 3. The van der Waals surface area contributed by atoms with E-state index in [4.69, 9.17) is 4.42 Å². The summed E-state index contributed by atoms with van der Waals surface area (Å²) in [6.45, 7) is 2.23. The first-order valence-corrected chi connectivity index (χ1v) is 8.68. The van der Waals surface area contributed by atoms with Crippen LogP contribution in [0, 0.1) is 6.92 Å². The molecule has 0 saturated carbocycles. The van der Waals surface area contributed by atoms with Crippen molar-refractivity contribution in [3.63, 3.8) is 0 Å². The molecule has 0 radical (unpaired) electrons. The first-order chi connectivity index (χ1) is 12.9. The van der Waals surface area contributed by atoms with Gasteiger partial charge in [-0.15, -0.1) is 0 Å². The fourth-order valence-electron chi connectivity index (χ4n) is 2.86. The predicted octanol–water partition coefficient (Wildman–Crippen LogP) is 1.50. The van der Waals surface area contributed by atoms with Crippen molar-refractivity contribution in [2.75, 3.05) is 23.3 Å². The number of aryl methyl sites for hydroxylation is 1. The maximum absolute atomic E-state index is 12.1. The molecule has 1 fully saturated rings. The second kappa shape index (κ2) is 8.05. The number of anilines is 2. The fourth-order valence-corrected chi connectivity index (χ4v) is 2.86. The van der Waals surface area contributed by atoms with Crippen LogP contribution in [0.2, 0.25) is 0 Å². The van der Waals surface area contributed by atoms with Gasteiger partial charge in [0.05, 0.1) is 6.54 Å². The molecule has 0 unspecified atom stereocenters. The van der Waals surface area contributed by atoms with E-state index in [1.54, 1.807) is 48.2 Å². The molecule has 1 aliphatic heterocycles. The highest BCUT2D eigenvalue weighted by Crippen LogP contribution is 2.24. The van der Waals surface area contributed by atoms with Gasteiger partial charge in [-0.25, -0.2) is 0 Å². The van der Waals surface area contributed by atoms with Gasteiger partial charge in [0.25, 0.3) is 0 Å². The summed E-state index contributed by atoms with van der Waals surface area (Å²) in [7, 11) is 0. The van der Waals surface area contributed by atoms with Crippen LogP contribution in [-0.2, 0) is 14.4 Å². The molecule has 27 heavy (non-hydrogen) atoms. The van der Waals surface area contributed by atoms with Gasteiger partial charge in [0.15, 0.2) is 0 Å². The van der Waals surface area contributed by atoms with E-state index in [2.05, 4.69) is 10.6 Å². The molecule has 8 nitrogen and oxygen atoms in total. The van der Waals surface area contributed by atoms with Crippen molar-refractivity contribution in [1.82, 2.24) is 5.32 Å². The molecule has 1 aromatic carbocycles.